The monoisotopic (exact) mass is 539 g/mol. The maximum atomic E-state index is 14.8. The minimum atomic E-state index is -3.56. The number of allylic oxidation sites excluding steroid dienone is 1. The molecule has 1 fully saturated rings. The first-order valence-electron chi connectivity index (χ1n) is 11.9. The van der Waals surface area contributed by atoms with Crippen LogP contribution in [-0.4, -0.2) is 57.8 Å². The third-order valence-electron chi connectivity index (χ3n) is 5.65. The lowest BCUT2D eigenvalue weighted by atomic mass is 10.0. The Balaban J connectivity index is 2.00. The number of hydrogen-bond acceptors (Lipinski definition) is 7. The maximum Gasteiger partial charge on any atom is 0.411 e. The van der Waals surface area contributed by atoms with Gasteiger partial charge in [-0.3, -0.25) is 4.90 Å². The highest BCUT2D eigenvalue weighted by molar-refractivity contribution is 6.31. The van der Waals surface area contributed by atoms with E-state index in [-0.39, 0.29) is 30.1 Å². The van der Waals surface area contributed by atoms with Gasteiger partial charge in [0.05, 0.1) is 24.2 Å². The number of halogens is 3. The van der Waals surface area contributed by atoms with Crippen LogP contribution in [-0.2, 0) is 20.2 Å². The molecular weight excluding hydrogens is 508 g/mol. The van der Waals surface area contributed by atoms with Gasteiger partial charge in [0.25, 0.3) is 0 Å². The first kappa shape index (κ1) is 28.6. The topological polar surface area (TPSA) is 90.9 Å². The molecule has 0 saturated carbocycles. The van der Waals surface area contributed by atoms with Gasteiger partial charge in [-0.25, -0.2) is 19.6 Å². The summed E-state index contributed by atoms with van der Waals surface area (Å²) >= 11 is 6.05. The smallest absolute Gasteiger partial charge is 0.411 e. The van der Waals surface area contributed by atoms with Crippen molar-refractivity contribution >= 4 is 34.7 Å². The second-order valence-electron chi connectivity index (χ2n) is 10.5. The third kappa shape index (κ3) is 6.66. The first-order chi connectivity index (χ1) is 17.1. The molecule has 0 aliphatic carbocycles. The van der Waals surface area contributed by atoms with Crippen LogP contribution in [0.5, 0.6) is 5.88 Å². The van der Waals surface area contributed by atoms with Crippen LogP contribution in [0.2, 0.25) is 5.02 Å². The summed E-state index contributed by atoms with van der Waals surface area (Å²) in [5.41, 5.74) is -1.13. The molecule has 0 bridgehead atoms. The molecule has 11 heteroatoms. The Morgan fingerprint density at radius 3 is 2.51 bits per heavy atom. The minimum Gasteiger partial charge on any atom is -0.471 e. The summed E-state index contributed by atoms with van der Waals surface area (Å²) in [5.74, 6) is -5.21. The molecule has 1 aliphatic heterocycles. The average molecular weight is 540 g/mol. The van der Waals surface area contributed by atoms with Crippen LogP contribution < -0.4 is 4.74 Å². The van der Waals surface area contributed by atoms with E-state index in [1.165, 1.54) is 23.1 Å². The molecule has 1 aromatic carbocycles. The lowest BCUT2D eigenvalue weighted by Crippen LogP contribution is -2.46. The summed E-state index contributed by atoms with van der Waals surface area (Å²) in [5, 5.41) is 0.342. The largest absolute Gasteiger partial charge is 0.471 e. The zero-order chi connectivity index (χ0) is 27.7. The van der Waals surface area contributed by atoms with Crippen molar-refractivity contribution in [1.29, 1.82) is 0 Å². The van der Waals surface area contributed by atoms with Crippen molar-refractivity contribution in [1.82, 2.24) is 14.9 Å². The molecule has 1 amide bonds. The molecule has 0 radical (unpaired) electrons. The number of likely N-dealkylation sites (tertiary alicyclic amines) is 1. The van der Waals surface area contributed by atoms with Gasteiger partial charge >= 0.3 is 18.0 Å². The Morgan fingerprint density at radius 1 is 1.24 bits per heavy atom. The first-order valence-corrected chi connectivity index (χ1v) is 12.3. The number of nitrogens with zero attached hydrogens (tertiary/aromatic N) is 3. The molecule has 1 aliphatic rings. The van der Waals surface area contributed by atoms with Gasteiger partial charge in [0.15, 0.2) is 5.69 Å². The van der Waals surface area contributed by atoms with E-state index in [2.05, 4.69) is 16.5 Å². The molecule has 8 nitrogen and oxygen atoms in total. The number of ether oxygens (including phenoxy) is 3. The van der Waals surface area contributed by atoms with E-state index >= 15 is 0 Å². The highest BCUT2D eigenvalue weighted by atomic mass is 35.5. The Kier molecular flexibility index (Phi) is 8.31. The highest BCUT2D eigenvalue weighted by Gasteiger charge is 2.50. The number of amides is 1. The van der Waals surface area contributed by atoms with Crippen molar-refractivity contribution in [2.24, 2.45) is 11.8 Å². The summed E-state index contributed by atoms with van der Waals surface area (Å²) in [6.07, 6.45) is -1.19. The lowest BCUT2D eigenvalue weighted by molar-refractivity contribution is -0.151. The third-order valence-corrected chi connectivity index (χ3v) is 5.89. The van der Waals surface area contributed by atoms with E-state index in [4.69, 9.17) is 25.8 Å². The Bertz CT molecular complexity index is 1180. The van der Waals surface area contributed by atoms with Crippen molar-refractivity contribution in [2.45, 2.75) is 65.2 Å². The zero-order valence-corrected chi connectivity index (χ0v) is 22.5. The van der Waals surface area contributed by atoms with Crippen LogP contribution in [0.3, 0.4) is 0 Å². The van der Waals surface area contributed by atoms with Crippen LogP contribution >= 0.6 is 11.6 Å². The van der Waals surface area contributed by atoms with Gasteiger partial charge in [-0.05, 0) is 51.0 Å². The molecule has 3 atom stereocenters. The molecule has 2 heterocycles. The van der Waals surface area contributed by atoms with Crippen LogP contribution in [0, 0.1) is 11.8 Å². The number of aromatic nitrogens is 2. The van der Waals surface area contributed by atoms with Gasteiger partial charge in [0.2, 0.25) is 5.88 Å². The van der Waals surface area contributed by atoms with Crippen LogP contribution in [0.15, 0.2) is 30.9 Å². The number of hydrogen-bond donors (Lipinski definition) is 0. The molecule has 1 aromatic heterocycles. The van der Waals surface area contributed by atoms with Gasteiger partial charge in [-0.1, -0.05) is 39.0 Å². The molecule has 3 rings (SSSR count). The van der Waals surface area contributed by atoms with Gasteiger partial charge < -0.3 is 14.2 Å². The van der Waals surface area contributed by atoms with Gasteiger partial charge in [-0.15, -0.1) is 0 Å². The normalized spacial score (nSPS) is 20.3. The van der Waals surface area contributed by atoms with Crippen molar-refractivity contribution in [3.8, 4) is 5.88 Å². The number of rotatable bonds is 7. The summed E-state index contributed by atoms with van der Waals surface area (Å²) < 4.78 is 46.5. The van der Waals surface area contributed by atoms with E-state index in [0.717, 1.165) is 0 Å². The maximum absolute atomic E-state index is 14.8. The lowest BCUT2D eigenvalue weighted by Gasteiger charge is -2.28. The number of carbonyl (C=O) groups is 2. The Labute approximate surface area is 219 Å². The van der Waals surface area contributed by atoms with E-state index in [1.807, 2.05) is 13.8 Å². The molecular formula is C26H32ClF2N3O5. The fourth-order valence-corrected chi connectivity index (χ4v) is 4.01. The molecule has 0 N–H and O–H groups in total. The van der Waals surface area contributed by atoms with Gasteiger partial charge in [-0.2, -0.15) is 8.78 Å². The highest BCUT2D eigenvalue weighted by Crippen LogP contribution is 2.38. The Hall–Kier alpha value is -3.01. The second kappa shape index (κ2) is 10.8. The Morgan fingerprint density at radius 2 is 1.92 bits per heavy atom. The molecule has 202 valence electrons. The summed E-state index contributed by atoms with van der Waals surface area (Å²) in [7, 11) is 0. The van der Waals surface area contributed by atoms with Gasteiger partial charge in [0, 0.05) is 10.9 Å². The van der Waals surface area contributed by atoms with E-state index < -0.39 is 53.2 Å². The quantitative estimate of drug-likeness (QED) is 0.326. The van der Waals surface area contributed by atoms with Gasteiger partial charge in [0.1, 0.15) is 17.7 Å². The molecule has 1 saturated heterocycles. The van der Waals surface area contributed by atoms with E-state index in [9.17, 15) is 18.4 Å². The number of alkyl halides is 2. The van der Waals surface area contributed by atoms with Crippen molar-refractivity contribution < 1.29 is 32.6 Å². The van der Waals surface area contributed by atoms with Crippen LogP contribution in [0.4, 0.5) is 13.6 Å². The standard InChI is InChI=1S/C26H32ClF2N3O5/c1-8-26(28,29)21-22(31-18-11-16(27)9-10-17(18)30-21)36-19-12-32(24(34)37-25(5,6)7)20(15(19)4)23(33)35-13-14(2)3/h8-11,14-15,19-20H,1,12-13H2,2-7H3/t15-,19+,20+/m1/s1. The van der Waals surface area contributed by atoms with Crippen molar-refractivity contribution in [2.75, 3.05) is 13.2 Å². The summed E-state index contributed by atoms with van der Waals surface area (Å²) in [6, 6.07) is 3.41. The summed E-state index contributed by atoms with van der Waals surface area (Å²) in [4.78, 5) is 35.6. The predicted molar refractivity (Wildman–Crippen MR) is 135 cm³/mol. The fourth-order valence-electron chi connectivity index (χ4n) is 3.84. The number of fused-ring (bicyclic) bond motifs is 1. The zero-order valence-electron chi connectivity index (χ0n) is 21.8. The minimum absolute atomic E-state index is 0.0751. The molecule has 0 unspecified atom stereocenters. The van der Waals surface area contributed by atoms with E-state index in [1.54, 1.807) is 27.7 Å². The fraction of sp³-hybridized carbons (Fsp3) is 0.538. The second-order valence-corrected chi connectivity index (χ2v) is 10.9. The summed E-state index contributed by atoms with van der Waals surface area (Å²) in [6.45, 7) is 13.8. The molecule has 0 spiro atoms. The average Bonchev–Trinajstić information content (AvgIpc) is 3.11. The number of benzene rings is 1. The number of carbonyl (C=O) groups excluding carboxylic acids is 2. The number of esters is 1. The molecule has 37 heavy (non-hydrogen) atoms. The van der Waals surface area contributed by atoms with E-state index in [0.29, 0.717) is 11.1 Å². The molecule has 2 aromatic rings. The van der Waals surface area contributed by atoms with Crippen molar-refractivity contribution in [3.63, 3.8) is 0 Å². The SMILES string of the molecule is C=CC(F)(F)c1nc2ccc(Cl)cc2nc1O[C@H]1CN(C(=O)OC(C)(C)C)[C@H](C(=O)OCC(C)C)[C@@H]1C. The predicted octanol–water partition coefficient (Wildman–Crippen LogP) is 5.76. The van der Waals surface area contributed by atoms with Crippen molar-refractivity contribution in [3.05, 3.63) is 41.6 Å². The van der Waals surface area contributed by atoms with Crippen LogP contribution in [0.25, 0.3) is 11.0 Å². The van der Waals surface area contributed by atoms with Crippen LogP contribution in [0.1, 0.15) is 47.2 Å².